The van der Waals surface area contributed by atoms with Crippen LogP contribution in [0.5, 0.6) is 0 Å². The van der Waals surface area contributed by atoms with Crippen LogP contribution in [0, 0.1) is 5.41 Å². The van der Waals surface area contributed by atoms with Gasteiger partial charge in [0, 0.05) is 52.4 Å². The molecule has 0 unspecified atom stereocenters. The van der Waals surface area contributed by atoms with Crippen LogP contribution in [0.2, 0.25) is 0 Å². The van der Waals surface area contributed by atoms with Crippen molar-refractivity contribution >= 4 is 17.6 Å². The van der Waals surface area contributed by atoms with Gasteiger partial charge in [0.2, 0.25) is 5.91 Å². The van der Waals surface area contributed by atoms with Gasteiger partial charge >= 0.3 is 0 Å². The van der Waals surface area contributed by atoms with E-state index in [9.17, 15) is 9.59 Å². The molecule has 148 valence electrons. The number of pyridine rings is 1. The lowest BCUT2D eigenvalue weighted by molar-refractivity contribution is -0.138. The first-order chi connectivity index (χ1) is 12.9. The van der Waals surface area contributed by atoms with E-state index in [0.717, 1.165) is 57.8 Å². The number of likely N-dealkylation sites (tertiary alicyclic amines) is 1. The van der Waals surface area contributed by atoms with E-state index in [1.807, 2.05) is 20.2 Å². The summed E-state index contributed by atoms with van der Waals surface area (Å²) in [5, 5.41) is 2.70. The number of piperidine rings is 2. The van der Waals surface area contributed by atoms with Gasteiger partial charge in [0.25, 0.3) is 5.91 Å². The zero-order valence-corrected chi connectivity index (χ0v) is 16.7. The van der Waals surface area contributed by atoms with Crippen LogP contribution in [0.1, 0.15) is 36.0 Å². The summed E-state index contributed by atoms with van der Waals surface area (Å²) in [7, 11) is 5.73. The van der Waals surface area contributed by atoms with Gasteiger partial charge in [0.15, 0.2) is 0 Å². The van der Waals surface area contributed by atoms with Crippen molar-refractivity contribution < 1.29 is 9.59 Å². The molecule has 0 radical (unpaired) electrons. The first-order valence-corrected chi connectivity index (χ1v) is 9.79. The molecule has 3 rings (SSSR count). The molecule has 1 N–H and O–H groups in total. The highest BCUT2D eigenvalue weighted by atomic mass is 16.2. The van der Waals surface area contributed by atoms with E-state index in [0.29, 0.717) is 12.0 Å². The molecule has 1 aromatic rings. The Kier molecular flexibility index (Phi) is 5.99. The second-order valence-corrected chi connectivity index (χ2v) is 8.06. The van der Waals surface area contributed by atoms with Gasteiger partial charge in [-0.3, -0.25) is 9.59 Å². The zero-order chi connectivity index (χ0) is 19.4. The van der Waals surface area contributed by atoms with Gasteiger partial charge < -0.3 is 20.0 Å². The molecular weight excluding hydrogens is 342 g/mol. The summed E-state index contributed by atoms with van der Waals surface area (Å²) in [4.78, 5) is 35.3. The number of carbonyl (C=O) groups is 2. The first kappa shape index (κ1) is 19.6. The van der Waals surface area contributed by atoms with Crippen LogP contribution in [0.3, 0.4) is 0 Å². The molecular formula is C20H31N5O2. The minimum Gasteiger partial charge on any atom is -0.356 e. The van der Waals surface area contributed by atoms with Crippen molar-refractivity contribution in [1.29, 1.82) is 0 Å². The van der Waals surface area contributed by atoms with Crippen LogP contribution in [-0.4, -0.2) is 80.5 Å². The average molecular weight is 374 g/mol. The number of aromatic nitrogens is 1. The van der Waals surface area contributed by atoms with E-state index in [-0.39, 0.29) is 17.2 Å². The number of rotatable bonds is 5. The largest absolute Gasteiger partial charge is 0.356 e. The number of carbonyl (C=O) groups excluding carboxylic acids is 2. The Bertz CT molecular complexity index is 683. The summed E-state index contributed by atoms with van der Waals surface area (Å²) in [6.45, 7) is 4.31. The summed E-state index contributed by atoms with van der Waals surface area (Å²) >= 11 is 0. The standard InChI is InChI=1S/C20H31N5O2/c1-21-19(27)16-5-4-10-22-18(16)24-11-8-20(9-12-24)7-6-17(26)25(15-20)14-13-23(2)3/h4-5,10H,6-9,11-15H2,1-3H3,(H,21,27). The molecule has 3 heterocycles. The molecule has 2 fully saturated rings. The summed E-state index contributed by atoms with van der Waals surface area (Å²) in [6, 6.07) is 3.63. The van der Waals surface area contributed by atoms with E-state index in [2.05, 4.69) is 25.0 Å². The molecule has 1 spiro atoms. The third-order valence-corrected chi connectivity index (χ3v) is 5.95. The number of nitrogens with one attached hydrogen (secondary N) is 1. The molecule has 0 atom stereocenters. The van der Waals surface area contributed by atoms with Gasteiger partial charge in [-0.15, -0.1) is 0 Å². The fraction of sp³-hybridized carbons (Fsp3) is 0.650. The first-order valence-electron chi connectivity index (χ1n) is 9.79. The van der Waals surface area contributed by atoms with Gasteiger partial charge in [0.1, 0.15) is 5.82 Å². The molecule has 2 saturated heterocycles. The second kappa shape index (κ2) is 8.25. The molecule has 0 aliphatic carbocycles. The third kappa shape index (κ3) is 4.40. The normalized spacial score (nSPS) is 19.6. The fourth-order valence-corrected chi connectivity index (χ4v) is 4.19. The number of hydrogen-bond acceptors (Lipinski definition) is 5. The van der Waals surface area contributed by atoms with E-state index < -0.39 is 0 Å². The molecule has 27 heavy (non-hydrogen) atoms. The second-order valence-electron chi connectivity index (χ2n) is 8.06. The highest BCUT2D eigenvalue weighted by molar-refractivity contribution is 5.98. The molecule has 0 saturated carbocycles. The summed E-state index contributed by atoms with van der Waals surface area (Å²) in [6.07, 6.45) is 5.43. The van der Waals surface area contributed by atoms with Gasteiger partial charge in [-0.2, -0.15) is 0 Å². The highest BCUT2D eigenvalue weighted by Gasteiger charge is 2.41. The van der Waals surface area contributed by atoms with E-state index in [1.165, 1.54) is 0 Å². The number of nitrogens with zero attached hydrogens (tertiary/aromatic N) is 4. The van der Waals surface area contributed by atoms with Crippen molar-refractivity contribution in [1.82, 2.24) is 20.1 Å². The lowest BCUT2D eigenvalue weighted by Gasteiger charge is -2.48. The van der Waals surface area contributed by atoms with Crippen molar-refractivity contribution in [3.63, 3.8) is 0 Å². The highest BCUT2D eigenvalue weighted by Crippen LogP contribution is 2.41. The lowest BCUT2D eigenvalue weighted by Crippen LogP contribution is -2.52. The van der Waals surface area contributed by atoms with Crippen LogP contribution in [0.4, 0.5) is 5.82 Å². The Morgan fingerprint density at radius 3 is 2.70 bits per heavy atom. The van der Waals surface area contributed by atoms with Gasteiger partial charge in [0.05, 0.1) is 5.56 Å². The predicted octanol–water partition coefficient (Wildman–Crippen LogP) is 1.21. The Morgan fingerprint density at radius 2 is 2.04 bits per heavy atom. The fourth-order valence-electron chi connectivity index (χ4n) is 4.19. The lowest BCUT2D eigenvalue weighted by atomic mass is 9.72. The maximum Gasteiger partial charge on any atom is 0.254 e. The van der Waals surface area contributed by atoms with Crippen LogP contribution >= 0.6 is 0 Å². The van der Waals surface area contributed by atoms with Crippen molar-refractivity contribution in [2.24, 2.45) is 5.41 Å². The van der Waals surface area contributed by atoms with Crippen LogP contribution in [-0.2, 0) is 4.79 Å². The molecule has 2 aliphatic rings. The molecule has 2 amide bonds. The molecule has 7 heteroatoms. The summed E-state index contributed by atoms with van der Waals surface area (Å²) < 4.78 is 0. The Morgan fingerprint density at radius 1 is 1.30 bits per heavy atom. The molecule has 1 aromatic heterocycles. The van der Waals surface area contributed by atoms with Crippen LogP contribution in [0.15, 0.2) is 18.3 Å². The summed E-state index contributed by atoms with van der Waals surface area (Å²) in [5.41, 5.74) is 0.834. The van der Waals surface area contributed by atoms with E-state index >= 15 is 0 Å². The minimum absolute atomic E-state index is 0.100. The molecule has 7 nitrogen and oxygen atoms in total. The Labute approximate surface area is 161 Å². The van der Waals surface area contributed by atoms with Gasteiger partial charge in [-0.05, 0) is 50.9 Å². The zero-order valence-electron chi connectivity index (χ0n) is 16.7. The van der Waals surface area contributed by atoms with E-state index in [1.54, 1.807) is 19.3 Å². The monoisotopic (exact) mass is 373 g/mol. The number of hydrogen-bond donors (Lipinski definition) is 1. The maximum absolute atomic E-state index is 12.3. The summed E-state index contributed by atoms with van der Waals surface area (Å²) in [5.74, 6) is 0.955. The maximum atomic E-state index is 12.3. The minimum atomic E-state index is -0.100. The molecule has 2 aliphatic heterocycles. The number of anilines is 1. The quantitative estimate of drug-likeness (QED) is 0.840. The van der Waals surface area contributed by atoms with Gasteiger partial charge in [-0.25, -0.2) is 4.98 Å². The van der Waals surface area contributed by atoms with Crippen molar-refractivity contribution in [3.8, 4) is 0 Å². The van der Waals surface area contributed by atoms with Crippen molar-refractivity contribution in [2.75, 3.05) is 58.8 Å². The smallest absolute Gasteiger partial charge is 0.254 e. The van der Waals surface area contributed by atoms with Crippen LogP contribution < -0.4 is 10.2 Å². The third-order valence-electron chi connectivity index (χ3n) is 5.95. The average Bonchev–Trinajstić information content (AvgIpc) is 2.69. The predicted molar refractivity (Wildman–Crippen MR) is 106 cm³/mol. The molecule has 0 bridgehead atoms. The van der Waals surface area contributed by atoms with Crippen molar-refractivity contribution in [2.45, 2.75) is 25.7 Å². The van der Waals surface area contributed by atoms with Crippen LogP contribution in [0.25, 0.3) is 0 Å². The Hall–Kier alpha value is -2.15. The SMILES string of the molecule is CNC(=O)c1cccnc1N1CCC2(CCC(=O)N(CCN(C)C)C2)CC1. The van der Waals surface area contributed by atoms with E-state index in [4.69, 9.17) is 0 Å². The number of likely N-dealkylation sites (N-methyl/N-ethyl adjacent to an activating group) is 1. The van der Waals surface area contributed by atoms with Gasteiger partial charge in [-0.1, -0.05) is 0 Å². The topological polar surface area (TPSA) is 68.8 Å². The molecule has 0 aromatic carbocycles. The Balaban J connectivity index is 1.66. The van der Waals surface area contributed by atoms with Crippen molar-refractivity contribution in [3.05, 3.63) is 23.9 Å². The number of amides is 2.